The summed E-state index contributed by atoms with van der Waals surface area (Å²) in [5, 5.41) is 6.06. The number of amides is 1. The molecule has 1 unspecified atom stereocenters. The predicted octanol–water partition coefficient (Wildman–Crippen LogP) is 5.62. The molecule has 2 atom stereocenters. The van der Waals surface area contributed by atoms with Gasteiger partial charge in [-0.05, 0) is 53.8 Å². The molecule has 1 fully saturated rings. The van der Waals surface area contributed by atoms with Crippen LogP contribution in [0.2, 0.25) is 10.0 Å². The number of benzene rings is 3. The Kier molecular flexibility index (Phi) is 10.9. The fraction of sp³-hybridized carbons (Fsp3) is 0.207. The molecular weight excluding hydrogens is 727 g/mol. The second-order valence-corrected chi connectivity index (χ2v) is 14.7. The lowest BCUT2D eigenvalue weighted by molar-refractivity contribution is -0.192. The van der Waals surface area contributed by atoms with Gasteiger partial charge < -0.3 is 10.1 Å². The molecule has 0 aliphatic carbocycles. The first-order valence-corrected chi connectivity index (χ1v) is 17.3. The summed E-state index contributed by atoms with van der Waals surface area (Å²) in [5.74, 6) is -3.91. The quantitative estimate of drug-likeness (QED) is 0.168. The molecule has 5 rings (SSSR count). The van der Waals surface area contributed by atoms with Gasteiger partial charge >= 0.3 is 12.1 Å². The number of hydrogen-bond donors (Lipinski definition) is 4. The molecule has 1 aliphatic rings. The number of nitrogens with one attached hydrogen (secondary N) is 3. The van der Waals surface area contributed by atoms with Crippen LogP contribution in [-0.2, 0) is 36.1 Å². The average molecular weight is 752 g/mol. The highest BCUT2D eigenvalue weighted by atomic mass is 35.5. The van der Waals surface area contributed by atoms with E-state index in [9.17, 15) is 39.2 Å². The number of aromatic nitrogens is 2. The summed E-state index contributed by atoms with van der Waals surface area (Å²) in [5.41, 5.74) is 2.45. The fourth-order valence-electron chi connectivity index (χ4n) is 4.65. The summed E-state index contributed by atoms with van der Waals surface area (Å²) < 4.78 is 102. The smallest absolute Gasteiger partial charge is 0.475 e. The van der Waals surface area contributed by atoms with E-state index in [0.717, 1.165) is 17.7 Å². The van der Waals surface area contributed by atoms with Crippen molar-refractivity contribution in [1.29, 1.82) is 0 Å². The maximum absolute atomic E-state index is 14.1. The minimum atomic E-state index is -5.08. The van der Waals surface area contributed by atoms with Crippen molar-refractivity contribution in [2.75, 3.05) is 0 Å². The van der Waals surface area contributed by atoms with E-state index in [4.69, 9.17) is 33.1 Å². The van der Waals surface area contributed by atoms with E-state index in [0.29, 0.717) is 11.3 Å². The van der Waals surface area contributed by atoms with Crippen LogP contribution in [0.5, 0.6) is 0 Å². The molecule has 2 heterocycles. The van der Waals surface area contributed by atoms with Crippen LogP contribution in [0.25, 0.3) is 11.3 Å². The number of hydrogen-bond acceptors (Lipinski definition) is 7. The molecule has 48 heavy (non-hydrogen) atoms. The molecule has 0 spiro atoms. The van der Waals surface area contributed by atoms with Crippen molar-refractivity contribution in [2.45, 2.75) is 42.1 Å². The Labute approximate surface area is 281 Å². The number of rotatable bonds is 8. The van der Waals surface area contributed by atoms with Gasteiger partial charge in [-0.1, -0.05) is 65.7 Å². The first-order valence-electron chi connectivity index (χ1n) is 13.5. The van der Waals surface area contributed by atoms with Crippen molar-refractivity contribution in [3.8, 4) is 11.3 Å². The summed E-state index contributed by atoms with van der Waals surface area (Å²) >= 11 is 12.5. The maximum atomic E-state index is 14.1. The van der Waals surface area contributed by atoms with E-state index in [-0.39, 0.29) is 44.7 Å². The minimum absolute atomic E-state index is 0.0384. The van der Waals surface area contributed by atoms with Gasteiger partial charge in [0.15, 0.2) is 0 Å². The molecule has 1 amide bonds. The van der Waals surface area contributed by atoms with Crippen LogP contribution in [0.4, 0.5) is 17.6 Å². The Bertz CT molecular complexity index is 2080. The van der Waals surface area contributed by atoms with E-state index in [1.807, 2.05) is 35.1 Å². The highest BCUT2D eigenvalue weighted by Crippen LogP contribution is 2.36. The van der Waals surface area contributed by atoms with Crippen molar-refractivity contribution >= 4 is 55.1 Å². The molecule has 1 aromatic heterocycles. The minimum Gasteiger partial charge on any atom is -0.475 e. The van der Waals surface area contributed by atoms with Crippen LogP contribution in [0.3, 0.4) is 0 Å². The molecular formula is C29H24Cl2F4N4O7S2. The zero-order valence-electron chi connectivity index (χ0n) is 24.3. The van der Waals surface area contributed by atoms with Gasteiger partial charge in [-0.25, -0.2) is 35.7 Å². The lowest BCUT2D eigenvalue weighted by Crippen LogP contribution is -2.31. The Hall–Kier alpha value is -4.03. The number of alkyl halides is 3. The Morgan fingerprint density at radius 1 is 1.10 bits per heavy atom. The van der Waals surface area contributed by atoms with Gasteiger partial charge in [0.25, 0.3) is 0 Å². The number of carbonyl (C=O) groups excluding carboxylic acids is 1. The van der Waals surface area contributed by atoms with Crippen LogP contribution in [0, 0.1) is 12.7 Å². The molecule has 256 valence electrons. The monoisotopic (exact) mass is 750 g/mol. The number of aromatic amines is 1. The van der Waals surface area contributed by atoms with E-state index < -0.39 is 55.2 Å². The summed E-state index contributed by atoms with van der Waals surface area (Å²) in [6.45, 7) is 1.47. The number of halogens is 6. The normalized spacial score (nSPS) is 16.5. The van der Waals surface area contributed by atoms with Crippen molar-refractivity contribution in [1.82, 2.24) is 19.4 Å². The zero-order chi connectivity index (χ0) is 35.6. The lowest BCUT2D eigenvalue weighted by Gasteiger charge is -2.19. The van der Waals surface area contributed by atoms with E-state index in [1.165, 1.54) is 19.1 Å². The van der Waals surface area contributed by atoms with Crippen molar-refractivity contribution in [2.24, 2.45) is 0 Å². The second-order valence-electron chi connectivity index (χ2n) is 10.4. The standard InChI is InChI=1S/C27H23Cl2FN4O5S2.C2HF3O2/c1-15-20(28)11-18(30)12-24(15)40(36,37)33-22(27-31-14-23(32-27)17-5-3-2-4-6-17)10-16-7-8-19(21(29)9-16)25-13-26(35)34-41(25,38)39;3-2(4,5)1(6)7/h2-9,11-12,14,22,25,33H,10,13H2,1H3,(H,31,32)(H,34,35);(H,6,7)/t22-,25?;/m0./s1. The van der Waals surface area contributed by atoms with Gasteiger partial charge in [-0.2, -0.15) is 13.2 Å². The maximum Gasteiger partial charge on any atom is 0.490 e. The number of H-pyrrole nitrogens is 1. The van der Waals surface area contributed by atoms with Gasteiger partial charge in [0, 0.05) is 10.0 Å². The number of aliphatic carboxylic acids is 1. The van der Waals surface area contributed by atoms with Crippen LogP contribution in [0.1, 0.15) is 40.2 Å². The Morgan fingerprint density at radius 2 is 1.75 bits per heavy atom. The summed E-state index contributed by atoms with van der Waals surface area (Å²) in [4.78, 5) is 27.8. The SMILES string of the molecule is Cc1c(Cl)cc(F)cc1S(=O)(=O)N[C@@H](Cc1ccc(C2CC(=O)NS2(=O)=O)c(Cl)c1)c1ncc(-c2ccccc2)[nH]1.O=C(O)C(F)(F)F. The molecule has 4 N–H and O–H groups in total. The van der Waals surface area contributed by atoms with Crippen LogP contribution in [-0.4, -0.2) is 50.0 Å². The number of carboxylic acid groups (broad SMARTS) is 1. The molecule has 11 nitrogen and oxygen atoms in total. The third-order valence-electron chi connectivity index (χ3n) is 6.95. The van der Waals surface area contributed by atoms with E-state index >= 15 is 0 Å². The second kappa shape index (κ2) is 14.2. The number of nitrogens with zero attached hydrogens (tertiary/aromatic N) is 1. The highest BCUT2D eigenvalue weighted by Gasteiger charge is 2.39. The topological polar surface area (TPSA) is 175 Å². The molecule has 0 radical (unpaired) electrons. The van der Waals surface area contributed by atoms with Gasteiger partial charge in [-0.15, -0.1) is 0 Å². The van der Waals surface area contributed by atoms with Crippen LogP contribution in [0.15, 0.2) is 71.8 Å². The van der Waals surface area contributed by atoms with Gasteiger partial charge in [0.1, 0.15) is 16.9 Å². The number of imidazole rings is 1. The van der Waals surface area contributed by atoms with Gasteiger partial charge in [0.05, 0.1) is 29.2 Å². The van der Waals surface area contributed by atoms with Crippen LogP contribution >= 0.6 is 23.2 Å². The molecule has 0 saturated carbocycles. The third kappa shape index (κ3) is 8.70. The summed E-state index contributed by atoms with van der Waals surface area (Å²) in [7, 11) is -8.22. The third-order valence-corrected chi connectivity index (χ3v) is 11.0. The number of sulfonamides is 2. The Balaban J connectivity index is 0.000000671. The largest absolute Gasteiger partial charge is 0.490 e. The zero-order valence-corrected chi connectivity index (χ0v) is 27.5. The molecule has 3 aromatic carbocycles. The average Bonchev–Trinajstić information content (AvgIpc) is 3.58. The first-order chi connectivity index (χ1) is 22.3. The molecule has 1 aliphatic heterocycles. The van der Waals surface area contributed by atoms with Crippen molar-refractivity contribution < 1.29 is 49.1 Å². The predicted molar refractivity (Wildman–Crippen MR) is 167 cm³/mol. The fourth-order valence-corrected chi connectivity index (χ4v) is 8.24. The van der Waals surface area contributed by atoms with Crippen molar-refractivity contribution in [3.63, 3.8) is 0 Å². The Morgan fingerprint density at radius 3 is 2.31 bits per heavy atom. The molecule has 19 heteroatoms. The number of carboxylic acids is 1. The van der Waals surface area contributed by atoms with Gasteiger partial charge in [-0.3, -0.25) is 9.52 Å². The number of carbonyl (C=O) groups is 2. The molecule has 1 saturated heterocycles. The summed E-state index contributed by atoms with van der Waals surface area (Å²) in [6, 6.07) is 14.9. The van der Waals surface area contributed by atoms with Crippen molar-refractivity contribution in [3.05, 3.63) is 105 Å². The molecule has 4 aromatic rings. The molecule has 0 bridgehead atoms. The van der Waals surface area contributed by atoms with E-state index in [2.05, 4.69) is 14.7 Å². The van der Waals surface area contributed by atoms with Crippen LogP contribution < -0.4 is 9.44 Å². The van der Waals surface area contributed by atoms with E-state index in [1.54, 1.807) is 12.3 Å². The summed E-state index contributed by atoms with van der Waals surface area (Å²) in [6.07, 6.45) is -3.73. The highest BCUT2D eigenvalue weighted by molar-refractivity contribution is 7.90. The lowest BCUT2D eigenvalue weighted by atomic mass is 10.0. The van der Waals surface area contributed by atoms with Gasteiger partial charge in [0.2, 0.25) is 26.0 Å². The first kappa shape index (κ1) is 36.8.